The van der Waals surface area contributed by atoms with Gasteiger partial charge < -0.3 is 19.9 Å². The topological polar surface area (TPSA) is 60.9 Å². The largest absolute Gasteiger partial charge is 0.379 e. The summed E-state index contributed by atoms with van der Waals surface area (Å²) >= 11 is 0. The number of piperazine rings is 1. The van der Waals surface area contributed by atoms with Crippen LogP contribution in [0.2, 0.25) is 0 Å². The Balaban J connectivity index is 1.59. The van der Waals surface area contributed by atoms with E-state index in [9.17, 15) is 4.79 Å². The summed E-state index contributed by atoms with van der Waals surface area (Å²) in [6, 6.07) is 4.05. The lowest BCUT2D eigenvalue weighted by molar-refractivity contribution is 0.00673. The number of morpholine rings is 1. The molecule has 7 heteroatoms. The summed E-state index contributed by atoms with van der Waals surface area (Å²) in [4.78, 5) is 24.2. The maximum absolute atomic E-state index is 12.7. The van der Waals surface area contributed by atoms with Gasteiger partial charge in [0.15, 0.2) is 0 Å². The fraction of sp³-hybridized carbons (Fsp3) is 0.700. The number of pyridine rings is 1. The zero-order valence-corrected chi connectivity index (χ0v) is 16.9. The number of rotatable bonds is 6. The van der Waals surface area contributed by atoms with E-state index < -0.39 is 0 Å². The number of aromatic nitrogens is 1. The molecule has 0 aromatic carbocycles. The SMILES string of the molecule is CC(C)[C@@H](CNC(=O)c1ccnc(N2CCN(C)CC2)c1)N1CCOCC1. The van der Waals surface area contributed by atoms with Gasteiger partial charge in [-0.25, -0.2) is 4.98 Å². The molecule has 1 atom stereocenters. The Kier molecular flexibility index (Phi) is 7.04. The van der Waals surface area contributed by atoms with Gasteiger partial charge in [-0.15, -0.1) is 0 Å². The molecular formula is C20H33N5O2. The summed E-state index contributed by atoms with van der Waals surface area (Å²) in [6.07, 6.45) is 1.74. The van der Waals surface area contributed by atoms with Crippen molar-refractivity contribution in [1.29, 1.82) is 0 Å². The molecule has 2 aliphatic heterocycles. The summed E-state index contributed by atoms with van der Waals surface area (Å²) in [7, 11) is 2.13. The first-order valence-electron chi connectivity index (χ1n) is 10.0. The van der Waals surface area contributed by atoms with E-state index in [1.165, 1.54) is 0 Å². The van der Waals surface area contributed by atoms with Crippen LogP contribution in [0.1, 0.15) is 24.2 Å². The summed E-state index contributed by atoms with van der Waals surface area (Å²) in [5.41, 5.74) is 0.684. The molecule has 1 N–H and O–H groups in total. The molecule has 0 bridgehead atoms. The maximum atomic E-state index is 12.7. The number of hydrogen-bond donors (Lipinski definition) is 1. The molecule has 150 valence electrons. The summed E-state index contributed by atoms with van der Waals surface area (Å²) in [5, 5.41) is 3.14. The summed E-state index contributed by atoms with van der Waals surface area (Å²) < 4.78 is 5.46. The van der Waals surface area contributed by atoms with Gasteiger partial charge in [0.1, 0.15) is 5.82 Å². The molecular weight excluding hydrogens is 342 g/mol. The highest BCUT2D eigenvalue weighted by molar-refractivity contribution is 5.94. The van der Waals surface area contributed by atoms with Gasteiger partial charge in [-0.1, -0.05) is 13.8 Å². The minimum Gasteiger partial charge on any atom is -0.379 e. The van der Waals surface area contributed by atoms with Crippen molar-refractivity contribution in [2.24, 2.45) is 5.92 Å². The Hall–Kier alpha value is -1.70. The Morgan fingerprint density at radius 3 is 2.56 bits per heavy atom. The van der Waals surface area contributed by atoms with Crippen LogP contribution in [0.25, 0.3) is 0 Å². The minimum absolute atomic E-state index is 0.0216. The van der Waals surface area contributed by atoms with E-state index in [1.807, 2.05) is 6.07 Å². The van der Waals surface area contributed by atoms with Crippen molar-refractivity contribution in [3.63, 3.8) is 0 Å². The standard InChI is InChI=1S/C20H33N5O2/c1-16(2)18(24-10-12-27-13-11-24)15-22-20(26)17-4-5-21-19(14-17)25-8-6-23(3)7-9-25/h4-5,14,16,18H,6-13,15H2,1-3H3,(H,22,26)/t18-/m1/s1. The van der Waals surface area contributed by atoms with E-state index in [4.69, 9.17) is 4.74 Å². The van der Waals surface area contributed by atoms with E-state index >= 15 is 0 Å². The molecule has 1 aromatic rings. The van der Waals surface area contributed by atoms with Gasteiger partial charge >= 0.3 is 0 Å². The number of amides is 1. The molecule has 1 aromatic heterocycles. The van der Waals surface area contributed by atoms with Crippen LogP contribution in [0.15, 0.2) is 18.3 Å². The van der Waals surface area contributed by atoms with E-state index in [0.717, 1.165) is 58.3 Å². The Morgan fingerprint density at radius 2 is 1.89 bits per heavy atom. The summed E-state index contributed by atoms with van der Waals surface area (Å²) in [5.74, 6) is 1.35. The first-order chi connectivity index (χ1) is 13.0. The molecule has 0 spiro atoms. The predicted molar refractivity (Wildman–Crippen MR) is 107 cm³/mol. The van der Waals surface area contributed by atoms with E-state index in [1.54, 1.807) is 12.3 Å². The van der Waals surface area contributed by atoms with Gasteiger partial charge in [0.2, 0.25) is 0 Å². The van der Waals surface area contributed by atoms with Crippen LogP contribution in [-0.4, -0.2) is 92.8 Å². The monoisotopic (exact) mass is 375 g/mol. The van der Waals surface area contributed by atoms with Gasteiger partial charge in [0.25, 0.3) is 5.91 Å². The van der Waals surface area contributed by atoms with Crippen LogP contribution < -0.4 is 10.2 Å². The van der Waals surface area contributed by atoms with Gasteiger partial charge in [-0.05, 0) is 25.1 Å². The molecule has 2 aliphatic rings. The van der Waals surface area contributed by atoms with E-state index in [2.05, 4.69) is 45.9 Å². The van der Waals surface area contributed by atoms with Crippen LogP contribution in [0.3, 0.4) is 0 Å². The van der Waals surface area contributed by atoms with Crippen molar-refractivity contribution < 1.29 is 9.53 Å². The number of ether oxygens (including phenoxy) is 1. The third kappa shape index (κ3) is 5.40. The van der Waals surface area contributed by atoms with Crippen molar-refractivity contribution in [2.75, 3.05) is 71.0 Å². The van der Waals surface area contributed by atoms with Crippen molar-refractivity contribution in [3.05, 3.63) is 23.9 Å². The van der Waals surface area contributed by atoms with Gasteiger partial charge in [-0.3, -0.25) is 9.69 Å². The lowest BCUT2D eigenvalue weighted by Crippen LogP contribution is -2.51. The third-order valence-corrected chi connectivity index (χ3v) is 5.59. The van der Waals surface area contributed by atoms with E-state index in [0.29, 0.717) is 24.1 Å². The molecule has 2 saturated heterocycles. The molecule has 0 radical (unpaired) electrons. The third-order valence-electron chi connectivity index (χ3n) is 5.59. The first kappa shape index (κ1) is 20.0. The average Bonchev–Trinajstić information content (AvgIpc) is 2.69. The maximum Gasteiger partial charge on any atom is 0.251 e. The average molecular weight is 376 g/mol. The quantitative estimate of drug-likeness (QED) is 0.798. The number of hydrogen-bond acceptors (Lipinski definition) is 6. The first-order valence-corrected chi connectivity index (χ1v) is 10.0. The normalized spacial score (nSPS) is 20.7. The predicted octanol–water partition coefficient (Wildman–Crippen LogP) is 0.920. The Labute approximate surface area is 162 Å². The smallest absolute Gasteiger partial charge is 0.251 e. The Morgan fingerprint density at radius 1 is 1.19 bits per heavy atom. The molecule has 3 rings (SSSR count). The lowest BCUT2D eigenvalue weighted by atomic mass is 10.0. The van der Waals surface area contributed by atoms with Crippen LogP contribution in [0.5, 0.6) is 0 Å². The second kappa shape index (κ2) is 9.48. The highest BCUT2D eigenvalue weighted by atomic mass is 16.5. The van der Waals surface area contributed by atoms with E-state index in [-0.39, 0.29) is 5.91 Å². The highest BCUT2D eigenvalue weighted by Crippen LogP contribution is 2.16. The van der Waals surface area contributed by atoms with Crippen molar-refractivity contribution in [1.82, 2.24) is 20.1 Å². The van der Waals surface area contributed by atoms with Gasteiger partial charge in [-0.2, -0.15) is 0 Å². The zero-order valence-electron chi connectivity index (χ0n) is 16.9. The second-order valence-electron chi connectivity index (χ2n) is 7.86. The lowest BCUT2D eigenvalue weighted by Gasteiger charge is -2.37. The Bertz CT molecular complexity index is 610. The molecule has 1 amide bonds. The molecule has 0 saturated carbocycles. The number of likely N-dealkylation sites (N-methyl/N-ethyl adjacent to an activating group) is 1. The number of anilines is 1. The fourth-order valence-corrected chi connectivity index (χ4v) is 3.76. The second-order valence-corrected chi connectivity index (χ2v) is 7.86. The number of carbonyl (C=O) groups excluding carboxylic acids is 1. The van der Waals surface area contributed by atoms with Gasteiger partial charge in [0, 0.05) is 63.6 Å². The molecule has 7 nitrogen and oxygen atoms in total. The highest BCUT2D eigenvalue weighted by Gasteiger charge is 2.24. The van der Waals surface area contributed by atoms with Crippen LogP contribution in [0, 0.1) is 5.92 Å². The van der Waals surface area contributed by atoms with Crippen molar-refractivity contribution >= 4 is 11.7 Å². The molecule has 3 heterocycles. The van der Waals surface area contributed by atoms with Crippen LogP contribution in [-0.2, 0) is 4.74 Å². The number of carbonyl (C=O) groups is 1. The molecule has 2 fully saturated rings. The fourth-order valence-electron chi connectivity index (χ4n) is 3.76. The van der Waals surface area contributed by atoms with Crippen LogP contribution in [0.4, 0.5) is 5.82 Å². The minimum atomic E-state index is -0.0216. The van der Waals surface area contributed by atoms with Crippen molar-refractivity contribution in [2.45, 2.75) is 19.9 Å². The number of nitrogens with zero attached hydrogens (tertiary/aromatic N) is 4. The zero-order chi connectivity index (χ0) is 19.2. The number of nitrogens with one attached hydrogen (secondary N) is 1. The molecule has 0 unspecified atom stereocenters. The molecule has 0 aliphatic carbocycles. The summed E-state index contributed by atoms with van der Waals surface area (Å²) in [6.45, 7) is 12.4. The molecule has 27 heavy (non-hydrogen) atoms. The van der Waals surface area contributed by atoms with Gasteiger partial charge in [0.05, 0.1) is 13.2 Å². The van der Waals surface area contributed by atoms with Crippen molar-refractivity contribution in [3.8, 4) is 0 Å². The van der Waals surface area contributed by atoms with Crippen LogP contribution >= 0.6 is 0 Å².